The van der Waals surface area contributed by atoms with Crippen LogP contribution in [0, 0.1) is 11.3 Å². The molecule has 0 aromatic heterocycles. The van der Waals surface area contributed by atoms with E-state index in [1.807, 2.05) is 6.07 Å². The number of hydrogen-bond donors (Lipinski definition) is 1. The number of aliphatic hydroxyl groups is 1. The van der Waals surface area contributed by atoms with Crippen molar-refractivity contribution >= 4 is 11.9 Å². The van der Waals surface area contributed by atoms with Crippen LogP contribution in [0.25, 0.3) is 0 Å². The Morgan fingerprint density at radius 1 is 1.39 bits per heavy atom. The standard InChI is InChI=1S/C16H17N3O4/c1-16(2)14(21)13(19-8-12(20)18(3)15(19)22)10-6-9(7-17)4-5-11(10)23-16/h4-6,13-14,21H,8H2,1-3H3/t13-,14+/m1/s1. The number of urea groups is 1. The maximum absolute atomic E-state index is 12.3. The maximum Gasteiger partial charge on any atom is 0.327 e. The smallest absolute Gasteiger partial charge is 0.327 e. The third kappa shape index (κ3) is 2.23. The molecular formula is C16H17N3O4. The van der Waals surface area contributed by atoms with E-state index in [1.54, 1.807) is 32.0 Å². The van der Waals surface area contributed by atoms with Gasteiger partial charge in [0, 0.05) is 12.6 Å². The van der Waals surface area contributed by atoms with Crippen LogP contribution in [-0.4, -0.2) is 52.1 Å². The van der Waals surface area contributed by atoms with Crippen molar-refractivity contribution in [3.8, 4) is 11.8 Å². The van der Waals surface area contributed by atoms with Gasteiger partial charge in [-0.05, 0) is 32.0 Å². The number of aliphatic hydroxyl groups excluding tert-OH is 1. The van der Waals surface area contributed by atoms with Gasteiger partial charge in [0.05, 0.1) is 17.7 Å². The normalized spacial score (nSPS) is 25.9. The second-order valence-electron chi connectivity index (χ2n) is 6.32. The van der Waals surface area contributed by atoms with Crippen LogP contribution in [0.15, 0.2) is 18.2 Å². The molecule has 3 amide bonds. The van der Waals surface area contributed by atoms with E-state index in [4.69, 9.17) is 10.00 Å². The molecule has 0 saturated carbocycles. The second-order valence-corrected chi connectivity index (χ2v) is 6.32. The average molecular weight is 315 g/mol. The zero-order valence-electron chi connectivity index (χ0n) is 13.1. The van der Waals surface area contributed by atoms with Gasteiger partial charge in [0.15, 0.2) is 0 Å². The predicted octanol–water partition coefficient (Wildman–Crippen LogP) is 1.03. The van der Waals surface area contributed by atoms with Crippen LogP contribution in [0.3, 0.4) is 0 Å². The number of amides is 3. The molecule has 0 aliphatic carbocycles. The summed E-state index contributed by atoms with van der Waals surface area (Å²) in [5.41, 5.74) is -0.000962. The molecule has 7 heteroatoms. The van der Waals surface area contributed by atoms with Gasteiger partial charge < -0.3 is 14.7 Å². The molecule has 2 atom stereocenters. The van der Waals surface area contributed by atoms with Gasteiger partial charge in [-0.2, -0.15) is 5.26 Å². The summed E-state index contributed by atoms with van der Waals surface area (Å²) in [6, 6.07) is 5.68. The SMILES string of the molecule is CN1C(=O)CN([C@@H]2c3cc(C#N)ccc3OC(C)(C)[C@H]2O)C1=O. The van der Waals surface area contributed by atoms with E-state index in [2.05, 4.69) is 0 Å². The lowest BCUT2D eigenvalue weighted by Crippen LogP contribution is -2.54. The molecule has 7 nitrogen and oxygen atoms in total. The van der Waals surface area contributed by atoms with Gasteiger partial charge in [0.2, 0.25) is 5.91 Å². The van der Waals surface area contributed by atoms with Crippen LogP contribution in [0.2, 0.25) is 0 Å². The third-order valence-electron chi connectivity index (χ3n) is 4.39. The van der Waals surface area contributed by atoms with Crippen molar-refractivity contribution in [3.05, 3.63) is 29.3 Å². The number of carbonyl (C=O) groups excluding carboxylic acids is 2. The first-order chi connectivity index (χ1) is 10.8. The van der Waals surface area contributed by atoms with Gasteiger partial charge in [-0.15, -0.1) is 0 Å². The minimum atomic E-state index is -1.04. The Balaban J connectivity index is 2.13. The summed E-state index contributed by atoms with van der Waals surface area (Å²) < 4.78 is 5.81. The number of hydrogen-bond acceptors (Lipinski definition) is 5. The lowest BCUT2D eigenvalue weighted by Gasteiger charge is -2.44. The summed E-state index contributed by atoms with van der Waals surface area (Å²) in [6.07, 6.45) is -1.04. The molecule has 3 rings (SSSR count). The Labute approximate surface area is 133 Å². The molecule has 2 heterocycles. The average Bonchev–Trinajstić information content (AvgIpc) is 2.75. The summed E-state index contributed by atoms with van der Waals surface area (Å²) in [4.78, 5) is 26.6. The van der Waals surface area contributed by atoms with Gasteiger partial charge in [-0.1, -0.05) is 0 Å². The number of likely N-dealkylation sites (N-methyl/N-ethyl adjacent to an activating group) is 1. The molecule has 1 aromatic carbocycles. The quantitative estimate of drug-likeness (QED) is 0.781. The molecule has 1 aromatic rings. The summed E-state index contributed by atoms with van der Waals surface area (Å²) in [7, 11) is 1.41. The molecule has 1 saturated heterocycles. The molecule has 0 spiro atoms. The molecule has 120 valence electrons. The molecule has 1 fully saturated rings. The topological polar surface area (TPSA) is 93.9 Å². The van der Waals surface area contributed by atoms with E-state index in [0.29, 0.717) is 16.9 Å². The Morgan fingerprint density at radius 3 is 2.65 bits per heavy atom. The monoisotopic (exact) mass is 315 g/mol. The van der Waals surface area contributed by atoms with Crippen molar-refractivity contribution in [2.75, 3.05) is 13.6 Å². The van der Waals surface area contributed by atoms with Crippen molar-refractivity contribution in [1.82, 2.24) is 9.80 Å². The molecular weight excluding hydrogens is 298 g/mol. The molecule has 2 aliphatic heterocycles. The van der Waals surface area contributed by atoms with Gasteiger partial charge in [-0.25, -0.2) is 4.79 Å². The minimum Gasteiger partial charge on any atom is -0.485 e. The molecule has 1 N–H and O–H groups in total. The number of ether oxygens (including phenoxy) is 1. The van der Waals surface area contributed by atoms with E-state index in [0.717, 1.165) is 4.90 Å². The van der Waals surface area contributed by atoms with Crippen LogP contribution >= 0.6 is 0 Å². The van der Waals surface area contributed by atoms with E-state index >= 15 is 0 Å². The first-order valence-electron chi connectivity index (χ1n) is 7.24. The van der Waals surface area contributed by atoms with E-state index in [1.165, 1.54) is 11.9 Å². The summed E-state index contributed by atoms with van der Waals surface area (Å²) in [6.45, 7) is 3.33. The molecule has 23 heavy (non-hydrogen) atoms. The van der Waals surface area contributed by atoms with Crippen molar-refractivity contribution < 1.29 is 19.4 Å². The van der Waals surface area contributed by atoms with Crippen LogP contribution in [0.5, 0.6) is 5.75 Å². The number of nitrogens with zero attached hydrogens (tertiary/aromatic N) is 3. The van der Waals surface area contributed by atoms with Crippen molar-refractivity contribution in [3.63, 3.8) is 0 Å². The van der Waals surface area contributed by atoms with E-state index < -0.39 is 23.8 Å². The molecule has 2 aliphatic rings. The summed E-state index contributed by atoms with van der Waals surface area (Å²) in [5, 5.41) is 19.8. The largest absolute Gasteiger partial charge is 0.485 e. The van der Waals surface area contributed by atoms with Crippen LogP contribution in [0.1, 0.15) is 31.0 Å². The second kappa shape index (κ2) is 4.96. The lowest BCUT2D eigenvalue weighted by atomic mass is 9.85. The number of benzene rings is 1. The zero-order chi connectivity index (χ0) is 16.9. The van der Waals surface area contributed by atoms with Crippen LogP contribution < -0.4 is 4.74 Å². The minimum absolute atomic E-state index is 0.108. The van der Waals surface area contributed by atoms with E-state index in [9.17, 15) is 14.7 Å². The fourth-order valence-electron chi connectivity index (χ4n) is 3.01. The maximum atomic E-state index is 12.3. The zero-order valence-corrected chi connectivity index (χ0v) is 13.1. The third-order valence-corrected chi connectivity index (χ3v) is 4.39. The fraction of sp³-hybridized carbons (Fsp3) is 0.438. The first kappa shape index (κ1) is 15.3. The highest BCUT2D eigenvalue weighted by molar-refractivity contribution is 6.02. The summed E-state index contributed by atoms with van der Waals surface area (Å²) in [5.74, 6) is 0.170. The Kier molecular flexibility index (Phi) is 3.30. The van der Waals surface area contributed by atoms with Crippen molar-refractivity contribution in [2.24, 2.45) is 0 Å². The van der Waals surface area contributed by atoms with Crippen LogP contribution in [0.4, 0.5) is 4.79 Å². The Bertz CT molecular complexity index is 737. The number of imide groups is 1. The van der Waals surface area contributed by atoms with Gasteiger partial charge in [-0.3, -0.25) is 9.69 Å². The number of carbonyl (C=O) groups is 2. The first-order valence-corrected chi connectivity index (χ1v) is 7.24. The van der Waals surface area contributed by atoms with Gasteiger partial charge in [0.1, 0.15) is 24.0 Å². The van der Waals surface area contributed by atoms with Crippen molar-refractivity contribution in [1.29, 1.82) is 5.26 Å². The molecule has 0 bridgehead atoms. The highest BCUT2D eigenvalue weighted by atomic mass is 16.5. The van der Waals surface area contributed by atoms with Crippen LogP contribution in [-0.2, 0) is 4.79 Å². The predicted molar refractivity (Wildman–Crippen MR) is 79.5 cm³/mol. The highest BCUT2D eigenvalue weighted by Gasteiger charge is 2.50. The number of nitriles is 1. The number of rotatable bonds is 1. The van der Waals surface area contributed by atoms with E-state index in [-0.39, 0.29) is 12.5 Å². The molecule has 0 radical (unpaired) electrons. The lowest BCUT2D eigenvalue weighted by molar-refractivity contribution is -0.125. The van der Waals surface area contributed by atoms with Crippen molar-refractivity contribution in [2.45, 2.75) is 31.6 Å². The number of fused-ring (bicyclic) bond motifs is 1. The van der Waals surface area contributed by atoms with Gasteiger partial charge >= 0.3 is 6.03 Å². The van der Waals surface area contributed by atoms with Gasteiger partial charge in [0.25, 0.3) is 0 Å². The fourth-order valence-corrected chi connectivity index (χ4v) is 3.01. The Hall–Kier alpha value is -2.59. The molecule has 0 unspecified atom stereocenters. The Morgan fingerprint density at radius 2 is 2.09 bits per heavy atom. The highest BCUT2D eigenvalue weighted by Crippen LogP contribution is 2.44. The summed E-state index contributed by atoms with van der Waals surface area (Å²) >= 11 is 0.